The molecule has 0 atom stereocenters. The number of para-hydroxylation sites is 1. The minimum absolute atomic E-state index is 0.0985. The number of hydrogen-bond donors (Lipinski definition) is 1. The van der Waals surface area contributed by atoms with Crippen LogP contribution in [0.1, 0.15) is 31.2 Å². The van der Waals surface area contributed by atoms with Gasteiger partial charge in [-0.1, -0.05) is 65.8 Å². The van der Waals surface area contributed by atoms with E-state index in [1.54, 1.807) is 6.08 Å². The number of hydrogen-bond acceptors (Lipinski definition) is 5. The Labute approximate surface area is 195 Å². The summed E-state index contributed by atoms with van der Waals surface area (Å²) in [6, 6.07) is 15.4. The fourth-order valence-corrected chi connectivity index (χ4v) is 4.08. The van der Waals surface area contributed by atoms with Crippen LogP contribution in [-0.4, -0.2) is 26.4 Å². The fourth-order valence-electron chi connectivity index (χ4n) is 2.94. The molecule has 3 rings (SSSR count). The molecule has 162 valence electrons. The molecule has 0 aliphatic carbocycles. The molecule has 8 heteroatoms. The molecule has 0 fully saturated rings. The molecule has 0 saturated carbocycles. The molecular formula is C23H25BrN4O2S. The van der Waals surface area contributed by atoms with E-state index < -0.39 is 0 Å². The zero-order valence-electron chi connectivity index (χ0n) is 17.5. The first-order valence-corrected chi connectivity index (χ1v) is 11.7. The maximum Gasteiger partial charge on any atom is 0.234 e. The van der Waals surface area contributed by atoms with Crippen molar-refractivity contribution in [1.82, 2.24) is 14.8 Å². The lowest BCUT2D eigenvalue weighted by atomic mass is 10.0. The van der Waals surface area contributed by atoms with E-state index in [4.69, 9.17) is 4.74 Å². The number of anilines is 1. The van der Waals surface area contributed by atoms with Crippen LogP contribution in [0.5, 0.6) is 5.75 Å². The lowest BCUT2D eigenvalue weighted by Gasteiger charge is -2.15. The zero-order chi connectivity index (χ0) is 22.2. The Morgan fingerprint density at radius 1 is 1.26 bits per heavy atom. The predicted octanol–water partition coefficient (Wildman–Crippen LogP) is 5.66. The smallest absolute Gasteiger partial charge is 0.234 e. The highest BCUT2D eigenvalue weighted by atomic mass is 79.9. The quantitative estimate of drug-likeness (QED) is 0.287. The second-order valence-corrected chi connectivity index (χ2v) is 8.98. The van der Waals surface area contributed by atoms with Crippen molar-refractivity contribution in [2.24, 2.45) is 0 Å². The van der Waals surface area contributed by atoms with Crippen molar-refractivity contribution in [2.75, 3.05) is 11.1 Å². The van der Waals surface area contributed by atoms with Crippen LogP contribution in [0.3, 0.4) is 0 Å². The third kappa shape index (κ3) is 6.45. The summed E-state index contributed by atoms with van der Waals surface area (Å²) in [5.74, 6) is 1.97. The van der Waals surface area contributed by atoms with Gasteiger partial charge in [0.25, 0.3) is 0 Å². The van der Waals surface area contributed by atoms with E-state index in [1.165, 1.54) is 11.8 Å². The van der Waals surface area contributed by atoms with Gasteiger partial charge in [-0.2, -0.15) is 0 Å². The van der Waals surface area contributed by atoms with E-state index in [0.717, 1.165) is 21.5 Å². The number of amides is 1. The number of allylic oxidation sites excluding steroid dienone is 1. The Hall–Kier alpha value is -2.58. The van der Waals surface area contributed by atoms with Gasteiger partial charge in [0.15, 0.2) is 11.0 Å². The van der Waals surface area contributed by atoms with Crippen LogP contribution >= 0.6 is 27.7 Å². The molecule has 0 saturated heterocycles. The van der Waals surface area contributed by atoms with Crippen molar-refractivity contribution < 1.29 is 9.53 Å². The normalized spacial score (nSPS) is 10.8. The molecule has 6 nitrogen and oxygen atoms in total. The minimum Gasteiger partial charge on any atom is -0.485 e. The maximum atomic E-state index is 12.3. The number of nitrogens with one attached hydrogen (secondary N) is 1. The third-order valence-electron chi connectivity index (χ3n) is 4.45. The van der Waals surface area contributed by atoms with Gasteiger partial charge in [-0.15, -0.1) is 16.8 Å². The average molecular weight is 501 g/mol. The van der Waals surface area contributed by atoms with Crippen LogP contribution in [0, 0.1) is 0 Å². The van der Waals surface area contributed by atoms with Crippen LogP contribution in [0.25, 0.3) is 0 Å². The van der Waals surface area contributed by atoms with E-state index in [1.807, 2.05) is 47.0 Å². The zero-order valence-corrected chi connectivity index (χ0v) is 19.9. The van der Waals surface area contributed by atoms with Gasteiger partial charge in [-0.05, 0) is 41.8 Å². The molecule has 1 aromatic heterocycles. The van der Waals surface area contributed by atoms with Gasteiger partial charge in [-0.3, -0.25) is 9.36 Å². The summed E-state index contributed by atoms with van der Waals surface area (Å²) in [6.45, 7) is 8.89. The van der Waals surface area contributed by atoms with Gasteiger partial charge < -0.3 is 10.1 Å². The number of halogens is 1. The summed E-state index contributed by atoms with van der Waals surface area (Å²) < 4.78 is 9.01. The first-order valence-electron chi connectivity index (χ1n) is 9.91. The average Bonchev–Trinajstić information content (AvgIpc) is 3.14. The molecular weight excluding hydrogens is 476 g/mol. The van der Waals surface area contributed by atoms with Crippen molar-refractivity contribution in [2.45, 2.75) is 38.1 Å². The SMILES string of the molecule is C=CCn1c(COc2ccc(Br)cc2C(C)C)nnc1SCC(=O)Nc1ccccc1. The molecule has 3 aromatic rings. The van der Waals surface area contributed by atoms with E-state index in [-0.39, 0.29) is 18.3 Å². The number of carbonyl (C=O) groups excluding carboxylic acids is 1. The molecule has 1 heterocycles. The highest BCUT2D eigenvalue weighted by molar-refractivity contribution is 9.10. The minimum atomic E-state index is -0.0985. The molecule has 0 radical (unpaired) electrons. The topological polar surface area (TPSA) is 69.0 Å². The van der Waals surface area contributed by atoms with Crippen molar-refractivity contribution in [3.05, 3.63) is 77.0 Å². The lowest BCUT2D eigenvalue weighted by molar-refractivity contribution is -0.113. The summed E-state index contributed by atoms with van der Waals surface area (Å²) in [6.07, 6.45) is 1.78. The largest absolute Gasteiger partial charge is 0.485 e. The standard InChI is InChI=1S/C23H25BrN4O2S/c1-4-12-28-21(14-30-20-11-10-17(24)13-19(20)16(2)3)26-27-23(28)31-15-22(29)25-18-8-6-5-7-9-18/h4-11,13,16H,1,12,14-15H2,2-3H3,(H,25,29). The summed E-state index contributed by atoms with van der Waals surface area (Å²) in [5, 5.41) is 12.1. The molecule has 1 amide bonds. The van der Waals surface area contributed by atoms with E-state index in [0.29, 0.717) is 23.4 Å². The van der Waals surface area contributed by atoms with Crippen LogP contribution in [0.4, 0.5) is 5.69 Å². The first-order chi connectivity index (χ1) is 15.0. The van der Waals surface area contributed by atoms with Crippen LogP contribution in [0.2, 0.25) is 0 Å². The third-order valence-corrected chi connectivity index (χ3v) is 5.91. The number of thioether (sulfide) groups is 1. The van der Waals surface area contributed by atoms with Crippen molar-refractivity contribution in [3.8, 4) is 5.75 Å². The number of ether oxygens (including phenoxy) is 1. The monoisotopic (exact) mass is 500 g/mol. The summed E-state index contributed by atoms with van der Waals surface area (Å²) in [4.78, 5) is 12.3. The Morgan fingerprint density at radius 2 is 2.03 bits per heavy atom. The van der Waals surface area contributed by atoms with Crippen molar-refractivity contribution in [1.29, 1.82) is 0 Å². The molecule has 1 N–H and O–H groups in total. The van der Waals surface area contributed by atoms with Crippen molar-refractivity contribution >= 4 is 39.3 Å². The van der Waals surface area contributed by atoms with Gasteiger partial charge in [0.2, 0.25) is 5.91 Å². The predicted molar refractivity (Wildman–Crippen MR) is 129 cm³/mol. The summed E-state index contributed by atoms with van der Waals surface area (Å²) in [7, 11) is 0. The highest BCUT2D eigenvalue weighted by Crippen LogP contribution is 2.30. The molecule has 0 aliphatic rings. The molecule has 0 bridgehead atoms. The van der Waals surface area contributed by atoms with Crippen LogP contribution in [-0.2, 0) is 17.9 Å². The number of nitrogens with zero attached hydrogens (tertiary/aromatic N) is 3. The van der Waals surface area contributed by atoms with E-state index in [2.05, 4.69) is 57.9 Å². The fraction of sp³-hybridized carbons (Fsp3) is 0.261. The molecule has 0 spiro atoms. The van der Waals surface area contributed by atoms with Gasteiger partial charge in [0.05, 0.1) is 5.75 Å². The Kier molecular flexibility index (Phi) is 8.31. The van der Waals surface area contributed by atoms with E-state index in [9.17, 15) is 4.79 Å². The number of carbonyl (C=O) groups is 1. The maximum absolute atomic E-state index is 12.3. The molecule has 0 aliphatic heterocycles. The van der Waals surface area contributed by atoms with Gasteiger partial charge in [-0.25, -0.2) is 0 Å². The molecule has 0 unspecified atom stereocenters. The number of benzene rings is 2. The van der Waals surface area contributed by atoms with Crippen LogP contribution < -0.4 is 10.1 Å². The molecule has 31 heavy (non-hydrogen) atoms. The molecule has 2 aromatic carbocycles. The second kappa shape index (κ2) is 11.2. The van der Waals surface area contributed by atoms with Gasteiger partial charge >= 0.3 is 0 Å². The second-order valence-electron chi connectivity index (χ2n) is 7.13. The summed E-state index contributed by atoms with van der Waals surface area (Å²) >= 11 is 4.85. The highest BCUT2D eigenvalue weighted by Gasteiger charge is 2.16. The van der Waals surface area contributed by atoms with Crippen molar-refractivity contribution in [3.63, 3.8) is 0 Å². The summed E-state index contributed by atoms with van der Waals surface area (Å²) in [5.41, 5.74) is 1.89. The lowest BCUT2D eigenvalue weighted by Crippen LogP contribution is -2.15. The first kappa shape index (κ1) is 23.1. The number of aromatic nitrogens is 3. The van der Waals surface area contributed by atoms with E-state index >= 15 is 0 Å². The Bertz CT molecular complexity index is 1040. The number of rotatable bonds is 10. The van der Waals surface area contributed by atoms with Gasteiger partial charge in [0, 0.05) is 16.7 Å². The Balaban J connectivity index is 1.66. The van der Waals surface area contributed by atoms with Gasteiger partial charge in [0.1, 0.15) is 12.4 Å². The Morgan fingerprint density at radius 3 is 2.74 bits per heavy atom. The van der Waals surface area contributed by atoms with Crippen LogP contribution in [0.15, 0.2) is 70.8 Å².